The number of hydrogen-bond donors (Lipinski definition) is 2. The Morgan fingerprint density at radius 2 is 1.63 bits per heavy atom. The summed E-state index contributed by atoms with van der Waals surface area (Å²) in [5.41, 5.74) is -2.75. The lowest BCUT2D eigenvalue weighted by Crippen LogP contribution is -2.44. The molecule has 1 fully saturated rings. The van der Waals surface area contributed by atoms with Crippen molar-refractivity contribution >= 4 is 17.7 Å². The molecule has 1 aromatic rings. The zero-order valence-corrected chi connectivity index (χ0v) is 15.9. The van der Waals surface area contributed by atoms with Gasteiger partial charge in [-0.3, -0.25) is 10.1 Å². The third-order valence-electron chi connectivity index (χ3n) is 4.25. The van der Waals surface area contributed by atoms with E-state index >= 15 is 0 Å². The average Bonchev–Trinajstić information content (AvgIpc) is 3.28. The average molecular weight is 386 g/mol. The van der Waals surface area contributed by atoms with Crippen molar-refractivity contribution in [3.63, 3.8) is 0 Å². The molecule has 1 saturated carbocycles. The number of hydrogen-bond acceptors (Lipinski definition) is 3. The lowest BCUT2D eigenvalue weighted by atomic mass is 9.78. The van der Waals surface area contributed by atoms with E-state index in [1.54, 1.807) is 20.8 Å². The molecule has 1 aromatic carbocycles. The molecular weight excluding hydrogens is 361 g/mol. The second kappa shape index (κ2) is 7.40. The van der Waals surface area contributed by atoms with Crippen molar-refractivity contribution < 1.29 is 27.5 Å². The van der Waals surface area contributed by atoms with Crippen LogP contribution in [0.2, 0.25) is 0 Å². The first kappa shape index (κ1) is 21.1. The first-order valence-electron chi connectivity index (χ1n) is 8.77. The SMILES string of the molecule is CC(C)(C)OC(=O)Nc1ccc(C(C)(CC(=O)NC2CC2)C(F)(F)F)cc1. The van der Waals surface area contributed by atoms with Crippen LogP contribution in [0.15, 0.2) is 24.3 Å². The van der Waals surface area contributed by atoms with E-state index in [0.717, 1.165) is 19.8 Å². The summed E-state index contributed by atoms with van der Waals surface area (Å²) in [4.78, 5) is 23.7. The first-order chi connectivity index (χ1) is 12.3. The Bertz CT molecular complexity index is 692. The van der Waals surface area contributed by atoms with Crippen LogP contribution in [0.1, 0.15) is 52.5 Å². The van der Waals surface area contributed by atoms with Crippen LogP contribution in [-0.4, -0.2) is 29.8 Å². The number of anilines is 1. The minimum Gasteiger partial charge on any atom is -0.444 e. The van der Waals surface area contributed by atoms with Gasteiger partial charge in [-0.1, -0.05) is 12.1 Å². The lowest BCUT2D eigenvalue weighted by molar-refractivity contribution is -0.189. The van der Waals surface area contributed by atoms with E-state index in [1.165, 1.54) is 24.3 Å². The molecule has 1 aliphatic carbocycles. The van der Waals surface area contributed by atoms with Crippen molar-refractivity contribution in [2.75, 3.05) is 5.32 Å². The summed E-state index contributed by atoms with van der Waals surface area (Å²) < 4.78 is 46.3. The Kier molecular flexibility index (Phi) is 5.77. The Morgan fingerprint density at radius 1 is 1.07 bits per heavy atom. The number of amides is 2. The molecule has 0 heterocycles. The predicted molar refractivity (Wildman–Crippen MR) is 95.5 cm³/mol. The molecule has 5 nitrogen and oxygen atoms in total. The topological polar surface area (TPSA) is 67.4 Å². The van der Waals surface area contributed by atoms with Crippen LogP contribution in [0.3, 0.4) is 0 Å². The van der Waals surface area contributed by atoms with Gasteiger partial charge in [-0.2, -0.15) is 13.2 Å². The van der Waals surface area contributed by atoms with Gasteiger partial charge in [-0.05, 0) is 58.2 Å². The fourth-order valence-corrected chi connectivity index (χ4v) is 2.54. The molecule has 1 aliphatic rings. The fraction of sp³-hybridized carbons (Fsp3) is 0.579. The maximum Gasteiger partial charge on any atom is 0.412 e. The molecule has 150 valence electrons. The molecule has 2 rings (SSSR count). The third kappa shape index (κ3) is 5.87. The van der Waals surface area contributed by atoms with Gasteiger partial charge in [0, 0.05) is 18.2 Å². The highest BCUT2D eigenvalue weighted by molar-refractivity contribution is 5.85. The van der Waals surface area contributed by atoms with Gasteiger partial charge in [0.15, 0.2) is 0 Å². The standard InChI is InChI=1S/C19H25F3N2O3/c1-17(2,3)27-16(26)24-14-7-5-12(6-8-14)18(4,19(20,21)22)11-15(25)23-13-9-10-13/h5-8,13H,9-11H2,1-4H3,(H,23,25)(H,24,26). The second-order valence-corrected chi connectivity index (χ2v) is 8.05. The monoisotopic (exact) mass is 386 g/mol. The van der Waals surface area contributed by atoms with Crippen molar-refractivity contribution in [1.29, 1.82) is 0 Å². The summed E-state index contributed by atoms with van der Waals surface area (Å²) >= 11 is 0. The van der Waals surface area contributed by atoms with Crippen molar-refractivity contribution in [2.24, 2.45) is 0 Å². The zero-order valence-electron chi connectivity index (χ0n) is 15.9. The summed E-state index contributed by atoms with van der Waals surface area (Å²) in [6, 6.07) is 5.26. The molecule has 0 aromatic heterocycles. The first-order valence-corrected chi connectivity index (χ1v) is 8.77. The Balaban J connectivity index is 2.14. The highest BCUT2D eigenvalue weighted by Crippen LogP contribution is 2.44. The molecule has 1 unspecified atom stereocenters. The number of nitrogens with one attached hydrogen (secondary N) is 2. The number of carbonyl (C=O) groups excluding carboxylic acids is 2. The van der Waals surface area contributed by atoms with Crippen LogP contribution >= 0.6 is 0 Å². The van der Waals surface area contributed by atoms with Gasteiger partial charge >= 0.3 is 12.3 Å². The Hall–Kier alpha value is -2.25. The summed E-state index contributed by atoms with van der Waals surface area (Å²) in [5, 5.41) is 5.07. The van der Waals surface area contributed by atoms with Crippen LogP contribution in [-0.2, 0) is 14.9 Å². The molecular formula is C19H25F3N2O3. The Labute approximate surface area is 156 Å². The highest BCUT2D eigenvalue weighted by atomic mass is 19.4. The van der Waals surface area contributed by atoms with Gasteiger partial charge in [-0.25, -0.2) is 4.79 Å². The Morgan fingerprint density at radius 3 is 2.07 bits per heavy atom. The molecule has 0 radical (unpaired) electrons. The molecule has 0 aliphatic heterocycles. The molecule has 0 saturated heterocycles. The van der Waals surface area contributed by atoms with Crippen LogP contribution in [0.25, 0.3) is 0 Å². The number of carbonyl (C=O) groups is 2. The van der Waals surface area contributed by atoms with Crippen LogP contribution in [0, 0.1) is 0 Å². The smallest absolute Gasteiger partial charge is 0.412 e. The summed E-state index contributed by atoms with van der Waals surface area (Å²) in [7, 11) is 0. The van der Waals surface area contributed by atoms with Gasteiger partial charge in [0.2, 0.25) is 5.91 Å². The van der Waals surface area contributed by atoms with Gasteiger partial charge in [0.25, 0.3) is 0 Å². The number of ether oxygens (including phenoxy) is 1. The fourth-order valence-electron chi connectivity index (χ4n) is 2.54. The summed E-state index contributed by atoms with van der Waals surface area (Å²) in [6.07, 6.45) is -4.38. The molecule has 0 spiro atoms. The number of benzene rings is 1. The van der Waals surface area contributed by atoms with Crippen molar-refractivity contribution in [1.82, 2.24) is 5.32 Å². The van der Waals surface area contributed by atoms with E-state index in [-0.39, 0.29) is 11.6 Å². The molecule has 2 amide bonds. The number of alkyl halides is 3. The van der Waals surface area contributed by atoms with Crippen molar-refractivity contribution in [2.45, 2.75) is 70.2 Å². The minimum absolute atomic E-state index is 0.00427. The van der Waals surface area contributed by atoms with Crippen LogP contribution < -0.4 is 10.6 Å². The molecule has 8 heteroatoms. The quantitative estimate of drug-likeness (QED) is 0.782. The number of halogens is 3. The summed E-state index contributed by atoms with van der Waals surface area (Å²) in [6.45, 7) is 6.13. The van der Waals surface area contributed by atoms with Crippen LogP contribution in [0.4, 0.5) is 23.7 Å². The van der Waals surface area contributed by atoms with Gasteiger partial charge in [-0.15, -0.1) is 0 Å². The van der Waals surface area contributed by atoms with Crippen LogP contribution in [0.5, 0.6) is 0 Å². The van der Waals surface area contributed by atoms with E-state index in [4.69, 9.17) is 4.74 Å². The highest BCUT2D eigenvalue weighted by Gasteiger charge is 2.53. The van der Waals surface area contributed by atoms with Gasteiger partial charge in [0.05, 0.1) is 5.41 Å². The summed E-state index contributed by atoms with van der Waals surface area (Å²) in [5.74, 6) is -0.617. The molecule has 0 bridgehead atoms. The van der Waals surface area contributed by atoms with Gasteiger partial charge in [0.1, 0.15) is 5.60 Å². The largest absolute Gasteiger partial charge is 0.444 e. The minimum atomic E-state index is -4.60. The molecule has 27 heavy (non-hydrogen) atoms. The van der Waals surface area contributed by atoms with Crippen molar-refractivity contribution in [3.8, 4) is 0 Å². The second-order valence-electron chi connectivity index (χ2n) is 8.05. The zero-order chi connectivity index (χ0) is 20.5. The van der Waals surface area contributed by atoms with E-state index in [2.05, 4.69) is 10.6 Å². The molecule has 1 atom stereocenters. The maximum atomic E-state index is 13.7. The van der Waals surface area contributed by atoms with Gasteiger partial charge < -0.3 is 10.1 Å². The number of rotatable bonds is 5. The third-order valence-corrected chi connectivity index (χ3v) is 4.25. The lowest BCUT2D eigenvalue weighted by Gasteiger charge is -2.32. The normalized spacial score (nSPS) is 17.0. The van der Waals surface area contributed by atoms with Crippen molar-refractivity contribution in [3.05, 3.63) is 29.8 Å². The molecule has 2 N–H and O–H groups in total. The maximum absolute atomic E-state index is 13.7. The van der Waals surface area contributed by atoms with E-state index in [9.17, 15) is 22.8 Å². The van der Waals surface area contributed by atoms with E-state index in [0.29, 0.717) is 5.69 Å². The van der Waals surface area contributed by atoms with E-state index < -0.39 is 35.6 Å². The predicted octanol–water partition coefficient (Wildman–Crippen LogP) is 4.52. The van der Waals surface area contributed by atoms with E-state index in [1.807, 2.05) is 0 Å².